The van der Waals surface area contributed by atoms with Gasteiger partial charge in [-0.15, -0.1) is 0 Å². The second-order valence-electron chi connectivity index (χ2n) is 7.39. The lowest BCUT2D eigenvalue weighted by molar-refractivity contribution is -0.121. The Morgan fingerprint density at radius 2 is 2.03 bits per heavy atom. The number of rotatable bonds is 3. The Morgan fingerprint density at radius 1 is 1.17 bits per heavy atom. The second kappa shape index (κ2) is 7.05. The van der Waals surface area contributed by atoms with Crippen molar-refractivity contribution in [1.82, 2.24) is 9.97 Å². The van der Waals surface area contributed by atoms with Crippen LogP contribution >= 0.6 is 11.8 Å². The molecule has 1 aliphatic heterocycles. The number of nitrogens with one attached hydrogen (secondary N) is 1. The summed E-state index contributed by atoms with van der Waals surface area (Å²) in [6.45, 7) is 0. The molecule has 1 unspecified atom stereocenters. The zero-order valence-corrected chi connectivity index (χ0v) is 16.5. The topological polar surface area (TPSA) is 89.8 Å². The van der Waals surface area contributed by atoms with Crippen molar-refractivity contribution >= 4 is 40.2 Å². The molecule has 5 rings (SSSR count). The predicted octanol–water partition coefficient (Wildman–Crippen LogP) is 3.74. The summed E-state index contributed by atoms with van der Waals surface area (Å²) in [5.41, 5.74) is 4.08. The first kappa shape index (κ1) is 18.0. The van der Waals surface area contributed by atoms with Gasteiger partial charge in [-0.3, -0.25) is 9.59 Å². The molecule has 0 saturated carbocycles. The molecule has 6 nitrogen and oxygen atoms in total. The minimum absolute atomic E-state index is 0.107. The molecule has 2 aliphatic rings. The lowest BCUT2D eigenvalue weighted by Crippen LogP contribution is -2.31. The molecule has 2 aromatic heterocycles. The molecule has 1 fully saturated rings. The monoisotopic (exact) mass is 402 g/mol. The minimum atomic E-state index is -0.567. The van der Waals surface area contributed by atoms with Gasteiger partial charge in [0.15, 0.2) is 0 Å². The summed E-state index contributed by atoms with van der Waals surface area (Å²) in [6.07, 6.45) is 5.97. The van der Waals surface area contributed by atoms with Crippen LogP contribution in [0.2, 0.25) is 0 Å². The third-order valence-corrected chi connectivity index (χ3v) is 6.73. The number of H-pyrrole nitrogens is 1. The van der Waals surface area contributed by atoms with Crippen molar-refractivity contribution in [3.8, 4) is 6.07 Å². The van der Waals surface area contributed by atoms with Gasteiger partial charge in [0.25, 0.3) is 0 Å². The molecular formula is C22H18N4O2S. The van der Waals surface area contributed by atoms with Crippen LogP contribution in [-0.4, -0.2) is 27.0 Å². The van der Waals surface area contributed by atoms with Crippen molar-refractivity contribution in [3.63, 3.8) is 0 Å². The van der Waals surface area contributed by atoms with Gasteiger partial charge in [-0.1, -0.05) is 17.8 Å². The Balaban J connectivity index is 1.44. The van der Waals surface area contributed by atoms with Gasteiger partial charge in [0, 0.05) is 23.8 Å². The fraction of sp³-hybridized carbons (Fsp3) is 0.273. The molecule has 144 valence electrons. The van der Waals surface area contributed by atoms with E-state index in [1.54, 1.807) is 6.07 Å². The van der Waals surface area contributed by atoms with E-state index in [-0.39, 0.29) is 18.2 Å². The molecule has 29 heavy (non-hydrogen) atoms. The fourth-order valence-corrected chi connectivity index (χ4v) is 5.16. The number of nitriles is 1. The molecule has 7 heteroatoms. The number of benzene rings is 1. The van der Waals surface area contributed by atoms with E-state index in [0.717, 1.165) is 47.8 Å². The van der Waals surface area contributed by atoms with Gasteiger partial charge in [-0.2, -0.15) is 5.26 Å². The lowest BCUT2D eigenvalue weighted by atomic mass is 9.95. The summed E-state index contributed by atoms with van der Waals surface area (Å²) in [5, 5.41) is 10.6. The SMILES string of the molecule is N#Cc1cc2c(nc1SC1CC(=O)N(c3ccc4cc[nH]c4c3)C1=O)CCCC2. The first-order valence-corrected chi connectivity index (χ1v) is 10.6. The Kier molecular flexibility index (Phi) is 4.36. The summed E-state index contributed by atoms with van der Waals surface area (Å²) >= 11 is 1.24. The number of pyridine rings is 1. The molecule has 1 N–H and O–H groups in total. The van der Waals surface area contributed by atoms with E-state index in [0.29, 0.717) is 16.3 Å². The highest BCUT2D eigenvalue weighted by atomic mass is 32.2. The van der Waals surface area contributed by atoms with E-state index in [1.807, 2.05) is 30.5 Å². The highest BCUT2D eigenvalue weighted by Crippen LogP contribution is 2.36. The third kappa shape index (κ3) is 3.10. The molecule has 1 saturated heterocycles. The first-order valence-electron chi connectivity index (χ1n) is 9.67. The van der Waals surface area contributed by atoms with E-state index in [1.165, 1.54) is 16.7 Å². The quantitative estimate of drug-likeness (QED) is 0.674. The van der Waals surface area contributed by atoms with Crippen molar-refractivity contribution in [1.29, 1.82) is 5.26 Å². The number of fused-ring (bicyclic) bond motifs is 2. The number of hydrogen-bond donors (Lipinski definition) is 1. The minimum Gasteiger partial charge on any atom is -0.361 e. The Hall–Kier alpha value is -3.11. The number of aryl methyl sites for hydroxylation is 2. The van der Waals surface area contributed by atoms with Crippen molar-refractivity contribution < 1.29 is 9.59 Å². The maximum Gasteiger partial charge on any atom is 0.247 e. The fourth-order valence-electron chi connectivity index (χ4n) is 4.06. The van der Waals surface area contributed by atoms with Gasteiger partial charge in [-0.05, 0) is 60.9 Å². The van der Waals surface area contributed by atoms with Crippen LogP contribution in [-0.2, 0) is 22.4 Å². The van der Waals surface area contributed by atoms with Gasteiger partial charge in [0.2, 0.25) is 11.8 Å². The molecular weight excluding hydrogens is 384 g/mol. The highest BCUT2D eigenvalue weighted by molar-refractivity contribution is 8.00. The second-order valence-corrected chi connectivity index (χ2v) is 8.58. The van der Waals surface area contributed by atoms with Crippen molar-refractivity contribution in [2.45, 2.75) is 42.4 Å². The van der Waals surface area contributed by atoms with Gasteiger partial charge in [0.05, 0.1) is 16.5 Å². The van der Waals surface area contributed by atoms with Crippen LogP contribution in [0.1, 0.15) is 36.1 Å². The van der Waals surface area contributed by atoms with Gasteiger partial charge >= 0.3 is 0 Å². The van der Waals surface area contributed by atoms with Gasteiger partial charge < -0.3 is 4.98 Å². The number of nitrogens with zero attached hydrogens (tertiary/aromatic N) is 3. The van der Waals surface area contributed by atoms with E-state index in [2.05, 4.69) is 11.1 Å². The first-order chi connectivity index (χ1) is 14.1. The average Bonchev–Trinajstić information content (AvgIpc) is 3.31. The number of hydrogen-bond acceptors (Lipinski definition) is 5. The predicted molar refractivity (Wildman–Crippen MR) is 111 cm³/mol. The summed E-state index contributed by atoms with van der Waals surface area (Å²) in [6, 6.07) is 11.5. The highest BCUT2D eigenvalue weighted by Gasteiger charge is 2.41. The Morgan fingerprint density at radius 3 is 2.90 bits per heavy atom. The Labute approximate surface area is 171 Å². The summed E-state index contributed by atoms with van der Waals surface area (Å²) < 4.78 is 0. The number of amides is 2. The van der Waals surface area contributed by atoms with Crippen LogP contribution in [0.25, 0.3) is 10.9 Å². The molecule has 1 atom stereocenters. The van der Waals surface area contributed by atoms with Gasteiger partial charge in [-0.25, -0.2) is 9.88 Å². The number of aromatic nitrogens is 2. The number of thioether (sulfide) groups is 1. The molecule has 3 heterocycles. The Bertz CT molecular complexity index is 1190. The smallest absolute Gasteiger partial charge is 0.247 e. The normalized spacial score (nSPS) is 18.9. The lowest BCUT2D eigenvalue weighted by Gasteiger charge is -2.18. The maximum atomic E-state index is 13.0. The molecule has 0 bridgehead atoms. The number of carbonyl (C=O) groups is 2. The van der Waals surface area contributed by atoms with E-state index < -0.39 is 5.25 Å². The number of carbonyl (C=O) groups excluding carboxylic acids is 2. The van der Waals surface area contributed by atoms with E-state index >= 15 is 0 Å². The third-order valence-electron chi connectivity index (χ3n) is 5.54. The molecule has 3 aromatic rings. The van der Waals surface area contributed by atoms with E-state index in [9.17, 15) is 14.9 Å². The van der Waals surface area contributed by atoms with Crippen molar-refractivity contribution in [2.24, 2.45) is 0 Å². The molecule has 0 spiro atoms. The largest absolute Gasteiger partial charge is 0.361 e. The molecule has 1 aromatic carbocycles. The summed E-state index contributed by atoms with van der Waals surface area (Å²) in [7, 11) is 0. The molecule has 0 radical (unpaired) electrons. The number of anilines is 1. The van der Waals surface area contributed by atoms with Crippen LogP contribution in [0, 0.1) is 11.3 Å². The van der Waals surface area contributed by atoms with Crippen LogP contribution in [0.3, 0.4) is 0 Å². The molecule has 2 amide bonds. The maximum absolute atomic E-state index is 13.0. The van der Waals surface area contributed by atoms with Crippen LogP contribution in [0.5, 0.6) is 0 Å². The van der Waals surface area contributed by atoms with Crippen LogP contribution in [0.15, 0.2) is 41.6 Å². The van der Waals surface area contributed by atoms with Crippen LogP contribution in [0.4, 0.5) is 5.69 Å². The van der Waals surface area contributed by atoms with Crippen molar-refractivity contribution in [3.05, 3.63) is 53.3 Å². The zero-order valence-electron chi connectivity index (χ0n) is 15.6. The zero-order chi connectivity index (χ0) is 20.0. The average molecular weight is 402 g/mol. The summed E-state index contributed by atoms with van der Waals surface area (Å²) in [5.74, 6) is -0.482. The number of aromatic amines is 1. The summed E-state index contributed by atoms with van der Waals surface area (Å²) in [4.78, 5) is 34.7. The number of imide groups is 1. The van der Waals surface area contributed by atoms with Gasteiger partial charge in [0.1, 0.15) is 11.1 Å². The van der Waals surface area contributed by atoms with Crippen molar-refractivity contribution in [2.75, 3.05) is 4.90 Å². The standard InChI is InChI=1S/C22H18N4O2S/c23-12-15-9-14-3-1-2-4-17(14)25-21(15)29-19-11-20(27)26(22(19)28)16-6-5-13-7-8-24-18(13)10-16/h5-10,19,24H,1-4,11H2. The molecule has 1 aliphatic carbocycles. The van der Waals surface area contributed by atoms with E-state index in [4.69, 9.17) is 4.98 Å². The van der Waals surface area contributed by atoms with Crippen LogP contribution < -0.4 is 4.90 Å².